The molecule has 592 valence electrons. The highest BCUT2D eigenvalue weighted by Crippen LogP contribution is 2.39. The molecule has 12 heterocycles. The Kier molecular flexibility index (Phi) is 24.3. The van der Waals surface area contributed by atoms with Crippen LogP contribution in [0.3, 0.4) is 0 Å². The van der Waals surface area contributed by atoms with Crippen LogP contribution in [0.25, 0.3) is 45.1 Å². The predicted molar refractivity (Wildman–Crippen MR) is 405 cm³/mol. The molecule has 0 radical (unpaired) electrons. The Morgan fingerprint density at radius 2 is 0.912 bits per heavy atom. The first-order chi connectivity index (χ1) is 54.3. The maximum atomic E-state index is 15.0. The van der Waals surface area contributed by atoms with Crippen molar-refractivity contribution in [3.8, 4) is 63.4 Å². The van der Waals surface area contributed by atoms with Gasteiger partial charge in [-0.2, -0.15) is 31.1 Å². The lowest BCUT2D eigenvalue weighted by molar-refractivity contribution is 0.0230. The van der Waals surface area contributed by atoms with E-state index in [1.54, 1.807) is 78.3 Å². The van der Waals surface area contributed by atoms with Gasteiger partial charge in [-0.25, -0.2) is 56.9 Å². The van der Waals surface area contributed by atoms with Crippen LogP contribution in [-0.2, 0) is 29.1 Å². The number of hydrogen-bond acceptors (Lipinski definition) is 25. The second kappa shape index (κ2) is 34.0. The molecular formula is C79H80ClF3N18O13. The van der Waals surface area contributed by atoms with Gasteiger partial charge in [0.15, 0.2) is 11.6 Å². The number of aromatic nitrogens is 9. The first-order valence-electron chi connectivity index (χ1n) is 36.5. The molecule has 35 heteroatoms. The zero-order valence-electron chi connectivity index (χ0n) is 62.7. The van der Waals surface area contributed by atoms with E-state index in [9.17, 15) is 79.2 Å². The normalized spacial score (nSPS) is 19.3. The van der Waals surface area contributed by atoms with E-state index in [-0.39, 0.29) is 122 Å². The minimum Gasteiger partial charge on any atom is -0.443 e. The van der Waals surface area contributed by atoms with Gasteiger partial charge in [-0.3, -0.25) is 19.5 Å². The van der Waals surface area contributed by atoms with Gasteiger partial charge in [-0.05, 0) is 135 Å². The maximum absolute atomic E-state index is 15.0. The molecule has 3 saturated heterocycles. The number of amides is 5. The van der Waals surface area contributed by atoms with E-state index in [4.69, 9.17) is 21.1 Å². The summed E-state index contributed by atoms with van der Waals surface area (Å²) in [4.78, 5) is 84.6. The zero-order chi connectivity index (χ0) is 81.8. The third-order valence-corrected chi connectivity index (χ3v) is 19.5. The van der Waals surface area contributed by atoms with Gasteiger partial charge in [-0.1, -0.05) is 29.8 Å². The van der Waals surface area contributed by atoms with Crippen LogP contribution in [0.1, 0.15) is 145 Å². The fourth-order valence-corrected chi connectivity index (χ4v) is 14.0. The van der Waals surface area contributed by atoms with Gasteiger partial charge in [0, 0.05) is 69.9 Å². The van der Waals surface area contributed by atoms with Crippen molar-refractivity contribution in [1.82, 2.24) is 59.8 Å². The van der Waals surface area contributed by atoms with Gasteiger partial charge < -0.3 is 60.1 Å². The van der Waals surface area contributed by atoms with E-state index in [0.29, 0.717) is 80.3 Å². The summed E-state index contributed by atoms with van der Waals surface area (Å²) in [6.07, 6.45) is 2.48. The van der Waals surface area contributed by atoms with Gasteiger partial charge in [0.2, 0.25) is 0 Å². The summed E-state index contributed by atoms with van der Waals surface area (Å²) in [6.45, 7) is 12.8. The molecule has 15 rings (SSSR count). The smallest absolute Gasteiger partial charge is 0.417 e. The molecule has 0 aliphatic carbocycles. The van der Waals surface area contributed by atoms with Crippen molar-refractivity contribution >= 4 is 59.0 Å². The van der Waals surface area contributed by atoms with Crippen LogP contribution in [-0.4, -0.2) is 202 Å². The highest BCUT2D eigenvalue weighted by Gasteiger charge is 2.42. The van der Waals surface area contributed by atoms with Crippen LogP contribution >= 0.6 is 11.6 Å². The summed E-state index contributed by atoms with van der Waals surface area (Å²) in [7, 11) is 0. The minimum atomic E-state index is -0.946. The monoisotopic (exact) mass is 1580 g/mol. The predicted octanol–water partition coefficient (Wildman–Crippen LogP) is 8.70. The van der Waals surface area contributed by atoms with Crippen LogP contribution in [0.15, 0.2) is 110 Å². The number of aliphatic hydroxyl groups excluding tert-OH is 6. The summed E-state index contributed by atoms with van der Waals surface area (Å²) in [5, 5.41) is 107. The molecule has 9 aromatic rings. The van der Waals surface area contributed by atoms with E-state index in [2.05, 4.69) is 40.7 Å². The number of aliphatic hydroxyl groups is 6. The molecule has 6 aliphatic heterocycles. The Morgan fingerprint density at radius 1 is 0.518 bits per heavy atom. The number of H-pyrrole nitrogens is 1. The number of carbonyl (C=O) groups excluding carboxylic acids is 5. The lowest BCUT2D eigenvalue weighted by Gasteiger charge is -2.23. The molecule has 0 bridgehead atoms. The van der Waals surface area contributed by atoms with Crippen molar-refractivity contribution in [2.24, 2.45) is 0 Å². The molecule has 0 spiro atoms. The number of ether oxygens (including phenoxy) is 2. The highest BCUT2D eigenvalue weighted by atomic mass is 35.5. The molecule has 114 heavy (non-hydrogen) atoms. The number of halogens is 4. The molecule has 3 aromatic carbocycles. The zero-order valence-corrected chi connectivity index (χ0v) is 63.4. The fraction of sp³-hybridized carbons (Fsp3) is 0.367. The number of aromatic amines is 1. The van der Waals surface area contributed by atoms with Crippen LogP contribution < -0.4 is 20.0 Å². The largest absolute Gasteiger partial charge is 0.443 e. The average molecular weight is 1580 g/mol. The third kappa shape index (κ3) is 17.8. The number of imide groups is 2. The molecule has 6 aliphatic rings. The second-order valence-electron chi connectivity index (χ2n) is 29.6. The van der Waals surface area contributed by atoms with Gasteiger partial charge in [0.25, 0.3) is 17.7 Å². The number of nitrogens with zero attached hydrogens (tertiary/aromatic N) is 16. The fourth-order valence-electron chi connectivity index (χ4n) is 13.7. The molecular weight excluding hydrogens is 1500 g/mol. The van der Waals surface area contributed by atoms with Crippen molar-refractivity contribution < 1.29 is 77.3 Å². The van der Waals surface area contributed by atoms with Crippen LogP contribution in [0.2, 0.25) is 5.02 Å². The number of β-amino-alcohol motifs (C(OH)–C–C–N with tert-alkyl or cyclic N) is 3. The summed E-state index contributed by atoms with van der Waals surface area (Å²) < 4.78 is 57.6. The van der Waals surface area contributed by atoms with Crippen LogP contribution in [0, 0.1) is 51.4 Å². The molecule has 5 amide bonds. The lowest BCUT2D eigenvalue weighted by atomic mass is 10.0. The summed E-state index contributed by atoms with van der Waals surface area (Å²) in [6, 6.07) is 28.0. The Labute approximate surface area is 656 Å². The molecule has 31 nitrogen and oxygen atoms in total. The molecule has 6 atom stereocenters. The van der Waals surface area contributed by atoms with E-state index in [1.165, 1.54) is 76.1 Å². The van der Waals surface area contributed by atoms with E-state index < -0.39 is 89.3 Å². The SMILES string of the molecule is CC(C)(C)OC(=O)N1Cc2nc(-c3c(F)cccc3C#N)cc(-n3ccc(N4CCC[C@@H](O)[C@@H](O)C4)n3)c2C1=O.CC(C)(C)OC(=O)N1Cc2nc(-c3c(F)cccc3C#N)cc(Cl)c2C1=O.N#Cc1cccc(F)c1-c1cc(-n2ccc(N3CCC[C@@H](O)[C@@H](O)C3)n2)c2c(n1)CNC2=O.O[C@@H]1CCCN(c2ccn[nH]2)C[C@@H]1O. The van der Waals surface area contributed by atoms with Gasteiger partial charge in [0.05, 0.1) is 181 Å². The first-order valence-corrected chi connectivity index (χ1v) is 36.9. The Morgan fingerprint density at radius 3 is 1.33 bits per heavy atom. The third-order valence-electron chi connectivity index (χ3n) is 19.2. The molecule has 8 N–H and O–H groups in total. The Hall–Kier alpha value is -12.2. The lowest BCUT2D eigenvalue weighted by Crippen LogP contribution is -2.37. The summed E-state index contributed by atoms with van der Waals surface area (Å²) in [5.41, 5.74) is 1.22. The minimum absolute atomic E-state index is 0.00660. The van der Waals surface area contributed by atoms with Crippen LogP contribution in [0.4, 0.5) is 40.2 Å². The van der Waals surface area contributed by atoms with Gasteiger partial charge in [-0.15, -0.1) is 0 Å². The second-order valence-corrected chi connectivity index (χ2v) is 30.0. The molecule has 6 aromatic heterocycles. The van der Waals surface area contributed by atoms with Crippen molar-refractivity contribution in [3.63, 3.8) is 0 Å². The number of pyridine rings is 3. The van der Waals surface area contributed by atoms with Crippen molar-refractivity contribution in [2.45, 2.75) is 148 Å². The van der Waals surface area contributed by atoms with Gasteiger partial charge in [0.1, 0.15) is 34.5 Å². The van der Waals surface area contributed by atoms with Crippen molar-refractivity contribution in [3.05, 3.63) is 183 Å². The topological polar surface area (TPSA) is 428 Å². The maximum Gasteiger partial charge on any atom is 0.417 e. The van der Waals surface area contributed by atoms with E-state index in [0.717, 1.165) is 28.6 Å². The highest BCUT2D eigenvalue weighted by molar-refractivity contribution is 6.35. The van der Waals surface area contributed by atoms with Crippen LogP contribution in [0.5, 0.6) is 0 Å². The number of rotatable bonds is 8. The quantitative estimate of drug-likeness (QED) is 0.0704. The molecule has 0 unspecified atom stereocenters. The number of hydrogen-bond donors (Lipinski definition) is 8. The molecule has 3 fully saturated rings. The number of benzene rings is 3. The number of nitrogens with one attached hydrogen (secondary N) is 2. The summed E-state index contributed by atoms with van der Waals surface area (Å²) in [5.74, 6) is -1.47. The average Bonchev–Trinajstić information content (AvgIpc) is 1.59. The molecule has 0 saturated carbocycles. The summed E-state index contributed by atoms with van der Waals surface area (Å²) >= 11 is 6.23. The van der Waals surface area contributed by atoms with Crippen molar-refractivity contribution in [2.75, 3.05) is 54.0 Å². The number of carbonyl (C=O) groups is 5. The standard InChI is InChI=1S/C28H29FN6O5.C23H21FN6O3.C19H15ClFN3O3.C9H15N3O2/c1-28(2,3)40-27(39)34-14-19-25(26(34)38)20(12-18(31-19)24-16(13-30)6-4-7-17(24)29)35-11-9-23(32-35)33-10-5-8-21(36)22(37)15-33;24-14-4-1-3-13(10-25)21(14)15-9-17(22-16(27-15)11-26-23(22)33)30-8-6-20(28-30)29-7-2-5-18(31)19(32)12-29;1-19(2,3)27-18(26)24-9-14-16(17(24)25)11(20)7-13(23-14)15-10(8-22)5-4-6-12(15)21;13-7-2-1-5-12(6-8(7)14)9-3-4-10-11-9/h4,6-7,9,11-12,21-22,36-37H,5,8,10,14-15H2,1-3H3;1,3-4,6,8-9,18-19,31-32H,2,5,7,11-12H2,(H,26,33);4-7H,9H2,1-3H3;3-4,7-8,13-14H,1-2,5-6H2,(H,10,11)/t21-,22+;18-,19+;;7-,8+/m11.1/s1. The van der Waals surface area contributed by atoms with E-state index >= 15 is 4.39 Å². The first kappa shape index (κ1) is 81.3. The number of fused-ring (bicyclic) bond motifs is 3. The van der Waals surface area contributed by atoms with Gasteiger partial charge >= 0.3 is 12.2 Å². The van der Waals surface area contributed by atoms with E-state index in [1.807, 2.05) is 39.0 Å². The van der Waals surface area contributed by atoms with Crippen molar-refractivity contribution in [1.29, 1.82) is 15.8 Å². The Bertz CT molecular complexity index is 5300. The Balaban J connectivity index is 0.000000148. The number of nitriles is 3. The number of anilines is 3.